The first-order chi connectivity index (χ1) is 33.9. The molecule has 2 aliphatic carbocycles. The highest BCUT2D eigenvalue weighted by atomic mass is 16.7. The first-order valence-electron chi connectivity index (χ1n) is 28.4. The van der Waals surface area contributed by atoms with E-state index < -0.39 is 25.4 Å². The number of hydrogen-bond acceptors (Lipinski definition) is 10. The Balaban J connectivity index is 1.37. The molecule has 12 heteroatoms. The Bertz CT molecular complexity index is 2460. The number of hydrogen-bond donors (Lipinski definition) is 2. The van der Waals surface area contributed by atoms with Crippen LogP contribution in [0.15, 0.2) is 33.5 Å². The summed E-state index contributed by atoms with van der Waals surface area (Å²) in [5.74, 6) is 0. The maximum Gasteiger partial charge on any atom is 0.497 e. The van der Waals surface area contributed by atoms with Crippen LogP contribution in [-0.4, -0.2) is 56.1 Å². The Labute approximate surface area is 420 Å². The van der Waals surface area contributed by atoms with Crippen molar-refractivity contribution in [2.45, 2.75) is 257 Å². The van der Waals surface area contributed by atoms with Crippen molar-refractivity contribution in [1.82, 2.24) is 20.6 Å². The van der Waals surface area contributed by atoms with Crippen LogP contribution in [0.1, 0.15) is 257 Å². The lowest BCUT2D eigenvalue weighted by atomic mass is 9.67. The van der Waals surface area contributed by atoms with Crippen LogP contribution in [0.4, 0.5) is 0 Å². The number of benzene rings is 3. The van der Waals surface area contributed by atoms with Gasteiger partial charge in [0.15, 0.2) is 0 Å². The fourth-order valence-corrected chi connectivity index (χ4v) is 12.8. The lowest BCUT2D eigenvalue weighted by Crippen LogP contribution is -2.41. The Morgan fingerprint density at radius 2 is 0.771 bits per heavy atom. The largest absolute Gasteiger partial charge is 0.497 e. The van der Waals surface area contributed by atoms with E-state index in [1.165, 1.54) is 143 Å². The predicted octanol–water partition coefficient (Wildman–Crippen LogP) is 14.3. The predicted molar refractivity (Wildman–Crippen MR) is 287 cm³/mol. The smallest absolute Gasteiger partial charge is 0.423 e. The first kappa shape index (κ1) is 52.7. The molecule has 0 unspecified atom stereocenters. The SMILES string of the molecule is CCCCCCCCC1(CCCCCCCC)c2cc3c(cc2-c2c1cc(B(O)O)c1nonc21)C(CCCCCCCC)(CCCCCCCC)c1cc(B2OC(C)(C)C(C)(C)O2)c2nonc2c1-3. The average molecular weight is 957 g/mol. The molecule has 2 aromatic heterocycles. The highest BCUT2D eigenvalue weighted by molar-refractivity contribution is 6.65. The lowest BCUT2D eigenvalue weighted by molar-refractivity contribution is 0.00578. The third-order valence-electron chi connectivity index (χ3n) is 17.5. The molecule has 0 bridgehead atoms. The number of nitrogens with zero attached hydrogens (tertiary/aromatic N) is 4. The molecule has 70 heavy (non-hydrogen) atoms. The second kappa shape index (κ2) is 23.1. The molecule has 0 amide bonds. The molecule has 2 N–H and O–H groups in total. The van der Waals surface area contributed by atoms with Crippen molar-refractivity contribution in [3.63, 3.8) is 0 Å². The highest BCUT2D eigenvalue weighted by Gasteiger charge is 2.55. The first-order valence-corrected chi connectivity index (χ1v) is 28.4. The fourth-order valence-electron chi connectivity index (χ4n) is 12.8. The Morgan fingerprint density at radius 1 is 0.429 bits per heavy atom. The summed E-state index contributed by atoms with van der Waals surface area (Å²) in [6.45, 7) is 17.6. The van der Waals surface area contributed by atoms with Crippen molar-refractivity contribution < 1.29 is 28.6 Å². The van der Waals surface area contributed by atoms with Gasteiger partial charge in [-0.25, -0.2) is 9.26 Å². The quantitative estimate of drug-likeness (QED) is 0.0338. The van der Waals surface area contributed by atoms with Gasteiger partial charge in [-0.3, -0.25) is 0 Å². The molecule has 1 aliphatic heterocycles. The van der Waals surface area contributed by atoms with Crippen molar-refractivity contribution in [2.75, 3.05) is 0 Å². The van der Waals surface area contributed by atoms with Crippen LogP contribution >= 0.6 is 0 Å². The van der Waals surface area contributed by atoms with Gasteiger partial charge in [-0.15, -0.1) is 0 Å². The molecular weight excluding hydrogens is 870 g/mol. The molecular formula is C58H86B2N4O6. The van der Waals surface area contributed by atoms with E-state index in [2.05, 4.69) is 95.1 Å². The average Bonchev–Trinajstić information content (AvgIpc) is 4.16. The van der Waals surface area contributed by atoms with E-state index in [0.717, 1.165) is 91.9 Å². The van der Waals surface area contributed by atoms with Crippen molar-refractivity contribution in [3.05, 3.63) is 46.5 Å². The molecule has 3 aromatic carbocycles. The van der Waals surface area contributed by atoms with Crippen LogP contribution in [-0.2, 0) is 20.1 Å². The van der Waals surface area contributed by atoms with Gasteiger partial charge < -0.3 is 19.4 Å². The van der Waals surface area contributed by atoms with Gasteiger partial charge in [0, 0.05) is 32.9 Å². The van der Waals surface area contributed by atoms with E-state index >= 15 is 0 Å². The topological polar surface area (TPSA) is 137 Å². The summed E-state index contributed by atoms with van der Waals surface area (Å²) < 4.78 is 25.1. The van der Waals surface area contributed by atoms with E-state index in [1.807, 2.05) is 0 Å². The minimum atomic E-state index is -1.71. The number of rotatable bonds is 30. The van der Waals surface area contributed by atoms with Crippen molar-refractivity contribution in [2.24, 2.45) is 0 Å². The summed E-state index contributed by atoms with van der Waals surface area (Å²) in [7, 11) is -2.34. The standard InChI is InChI=1S/C58H86B2N4O6/c1-9-13-17-21-25-29-33-57(34-30-26-22-18-14-10-2)43-38-42-44(37-41(43)49-45(57)39-47(59(65)66)51-53(49)63-69-61-51)58(35-31-27-23-19-15-11-3,36-32-28-24-20-16-12-4)46-40-48(52-54(50(42)46)64-70-62-52)60-67-55(5,6)56(7,8)68-60/h37-40,65-66H,9-36H2,1-8H3. The van der Waals surface area contributed by atoms with Crippen molar-refractivity contribution in [1.29, 1.82) is 0 Å². The molecule has 3 aliphatic rings. The monoisotopic (exact) mass is 957 g/mol. The van der Waals surface area contributed by atoms with E-state index in [1.54, 1.807) is 0 Å². The van der Waals surface area contributed by atoms with Gasteiger partial charge in [0.25, 0.3) is 0 Å². The molecule has 0 radical (unpaired) electrons. The summed E-state index contributed by atoms with van der Waals surface area (Å²) in [6, 6.07) is 9.57. The molecule has 0 atom stereocenters. The molecule has 1 saturated heterocycles. The minimum absolute atomic E-state index is 0.326. The van der Waals surface area contributed by atoms with E-state index in [4.69, 9.17) is 23.7 Å². The summed E-state index contributed by atoms with van der Waals surface area (Å²) in [5, 5.41) is 40.5. The van der Waals surface area contributed by atoms with Gasteiger partial charge in [0.1, 0.15) is 22.1 Å². The number of fused-ring (bicyclic) bond motifs is 10. The zero-order valence-electron chi connectivity index (χ0n) is 44.6. The second-order valence-corrected chi connectivity index (χ2v) is 22.8. The summed E-state index contributed by atoms with van der Waals surface area (Å²) in [6.07, 6.45) is 32.9. The molecule has 5 aromatic rings. The summed E-state index contributed by atoms with van der Waals surface area (Å²) in [5.41, 5.74) is 11.7. The van der Waals surface area contributed by atoms with Gasteiger partial charge in [-0.2, -0.15) is 0 Å². The van der Waals surface area contributed by atoms with Crippen LogP contribution in [0.5, 0.6) is 0 Å². The number of aromatic nitrogens is 4. The lowest BCUT2D eigenvalue weighted by Gasteiger charge is -2.35. The Kier molecular flexibility index (Phi) is 17.4. The molecule has 0 saturated carbocycles. The normalized spacial score (nSPS) is 16.9. The van der Waals surface area contributed by atoms with Gasteiger partial charge in [-0.1, -0.05) is 204 Å². The van der Waals surface area contributed by atoms with E-state index in [9.17, 15) is 10.0 Å². The number of unbranched alkanes of at least 4 members (excludes halogenated alkanes) is 20. The second-order valence-electron chi connectivity index (χ2n) is 22.8. The third kappa shape index (κ3) is 10.2. The Hall–Kier alpha value is -3.57. The van der Waals surface area contributed by atoms with E-state index in [-0.39, 0.29) is 10.8 Å². The van der Waals surface area contributed by atoms with Crippen LogP contribution in [0.25, 0.3) is 44.3 Å². The van der Waals surface area contributed by atoms with Crippen LogP contribution in [0, 0.1) is 0 Å². The van der Waals surface area contributed by atoms with Crippen LogP contribution in [0.3, 0.4) is 0 Å². The highest BCUT2D eigenvalue weighted by Crippen LogP contribution is 2.62. The molecule has 3 heterocycles. The van der Waals surface area contributed by atoms with Gasteiger partial charge >= 0.3 is 14.2 Å². The molecule has 0 spiro atoms. The third-order valence-corrected chi connectivity index (χ3v) is 17.5. The minimum Gasteiger partial charge on any atom is -0.423 e. The zero-order chi connectivity index (χ0) is 49.5. The maximum atomic E-state index is 11.0. The molecule has 380 valence electrons. The van der Waals surface area contributed by atoms with Gasteiger partial charge in [0.05, 0.1) is 11.2 Å². The fraction of sp³-hybridized carbons (Fsp3) is 0.690. The Morgan fingerprint density at radius 3 is 1.17 bits per heavy atom. The molecule has 10 nitrogen and oxygen atoms in total. The van der Waals surface area contributed by atoms with Crippen LogP contribution in [0.2, 0.25) is 0 Å². The van der Waals surface area contributed by atoms with Gasteiger partial charge in [0.2, 0.25) is 0 Å². The van der Waals surface area contributed by atoms with Crippen LogP contribution < -0.4 is 10.9 Å². The maximum absolute atomic E-state index is 11.0. The summed E-state index contributed by atoms with van der Waals surface area (Å²) in [4.78, 5) is 0. The molecule has 8 rings (SSSR count). The van der Waals surface area contributed by atoms with Crippen molar-refractivity contribution in [3.8, 4) is 22.3 Å². The van der Waals surface area contributed by atoms with Crippen molar-refractivity contribution >= 4 is 47.2 Å². The van der Waals surface area contributed by atoms with E-state index in [0.29, 0.717) is 22.0 Å². The zero-order valence-corrected chi connectivity index (χ0v) is 44.6. The van der Waals surface area contributed by atoms with Gasteiger partial charge in [-0.05, 0) is 109 Å². The summed E-state index contributed by atoms with van der Waals surface area (Å²) >= 11 is 0. The molecule has 1 fully saturated rings.